The third kappa shape index (κ3) is 3.55. The van der Waals surface area contributed by atoms with Crippen LogP contribution < -0.4 is 10.6 Å². The standard InChI is InChI=1S/C13H17ClF3N3/c14-11-6-10(13(15,16)17)7-19-12(11)20-5-1-2-9(8-20)3-4-18/h6-7,9H,1-5,8,18H2. The molecule has 2 N–H and O–H groups in total. The number of halogens is 4. The molecule has 0 aromatic carbocycles. The van der Waals surface area contributed by atoms with E-state index >= 15 is 0 Å². The summed E-state index contributed by atoms with van der Waals surface area (Å²) in [4.78, 5) is 5.86. The minimum atomic E-state index is -4.42. The van der Waals surface area contributed by atoms with E-state index in [9.17, 15) is 13.2 Å². The number of aromatic nitrogens is 1. The predicted molar refractivity (Wildman–Crippen MR) is 72.9 cm³/mol. The van der Waals surface area contributed by atoms with Crippen molar-refractivity contribution in [1.82, 2.24) is 4.98 Å². The van der Waals surface area contributed by atoms with Gasteiger partial charge in [-0.2, -0.15) is 13.2 Å². The lowest BCUT2D eigenvalue weighted by Crippen LogP contribution is -2.37. The average molecular weight is 308 g/mol. The van der Waals surface area contributed by atoms with E-state index in [0.717, 1.165) is 44.6 Å². The molecule has 1 aromatic heterocycles. The van der Waals surface area contributed by atoms with Crippen molar-refractivity contribution in [3.63, 3.8) is 0 Å². The van der Waals surface area contributed by atoms with Gasteiger partial charge in [-0.1, -0.05) is 11.6 Å². The number of anilines is 1. The van der Waals surface area contributed by atoms with Crippen LogP contribution in [0.4, 0.5) is 19.0 Å². The molecule has 1 aliphatic heterocycles. The Morgan fingerprint density at radius 1 is 1.45 bits per heavy atom. The lowest BCUT2D eigenvalue weighted by Gasteiger charge is -2.34. The zero-order valence-corrected chi connectivity index (χ0v) is 11.7. The smallest absolute Gasteiger partial charge is 0.355 e. The van der Waals surface area contributed by atoms with Crippen LogP contribution in [-0.2, 0) is 6.18 Å². The summed E-state index contributed by atoms with van der Waals surface area (Å²) in [6.45, 7) is 2.13. The number of rotatable bonds is 3. The van der Waals surface area contributed by atoms with E-state index in [2.05, 4.69) is 4.98 Å². The molecule has 112 valence electrons. The van der Waals surface area contributed by atoms with E-state index in [1.54, 1.807) is 0 Å². The fraction of sp³-hybridized carbons (Fsp3) is 0.615. The number of alkyl halides is 3. The predicted octanol–water partition coefficient (Wildman–Crippen LogP) is 3.32. The molecule has 3 nitrogen and oxygen atoms in total. The Bertz CT molecular complexity index is 463. The van der Waals surface area contributed by atoms with Gasteiger partial charge in [-0.25, -0.2) is 4.98 Å². The molecule has 2 heterocycles. The summed E-state index contributed by atoms with van der Waals surface area (Å²) >= 11 is 5.96. The monoisotopic (exact) mass is 307 g/mol. The summed E-state index contributed by atoms with van der Waals surface area (Å²) in [7, 11) is 0. The molecule has 0 radical (unpaired) electrons. The van der Waals surface area contributed by atoms with Crippen LogP contribution in [0.15, 0.2) is 12.3 Å². The van der Waals surface area contributed by atoms with E-state index in [1.807, 2.05) is 4.90 Å². The average Bonchev–Trinajstić information content (AvgIpc) is 2.38. The highest BCUT2D eigenvalue weighted by Gasteiger charge is 2.32. The van der Waals surface area contributed by atoms with Crippen molar-refractivity contribution < 1.29 is 13.2 Å². The molecule has 0 aliphatic carbocycles. The second-order valence-corrected chi connectivity index (χ2v) is 5.47. The topological polar surface area (TPSA) is 42.1 Å². The molecule has 0 spiro atoms. The Hall–Kier alpha value is -1.01. The zero-order valence-electron chi connectivity index (χ0n) is 11.0. The van der Waals surface area contributed by atoms with Crippen LogP contribution in [0.2, 0.25) is 5.02 Å². The van der Waals surface area contributed by atoms with Gasteiger partial charge in [0.05, 0.1) is 10.6 Å². The molecule has 0 bridgehead atoms. The normalized spacial score (nSPS) is 20.2. The van der Waals surface area contributed by atoms with Gasteiger partial charge in [0.1, 0.15) is 5.82 Å². The Morgan fingerprint density at radius 3 is 2.80 bits per heavy atom. The summed E-state index contributed by atoms with van der Waals surface area (Å²) in [6.07, 6.45) is -0.600. The fourth-order valence-corrected chi connectivity index (χ4v) is 2.83. The Labute approximate surface area is 120 Å². The van der Waals surface area contributed by atoms with E-state index in [1.165, 1.54) is 0 Å². The van der Waals surface area contributed by atoms with E-state index < -0.39 is 11.7 Å². The molecule has 1 aromatic rings. The number of piperidine rings is 1. The first-order valence-electron chi connectivity index (χ1n) is 6.59. The molecular weight excluding hydrogens is 291 g/mol. The van der Waals surface area contributed by atoms with Crippen molar-refractivity contribution in [3.8, 4) is 0 Å². The van der Waals surface area contributed by atoms with Crippen LogP contribution in [0.3, 0.4) is 0 Å². The number of hydrogen-bond acceptors (Lipinski definition) is 3. The quantitative estimate of drug-likeness (QED) is 0.931. The first-order valence-corrected chi connectivity index (χ1v) is 6.97. The SMILES string of the molecule is NCCC1CCCN(c2ncc(C(F)(F)F)cc2Cl)C1. The summed E-state index contributed by atoms with van der Waals surface area (Å²) in [6, 6.07) is 0.941. The van der Waals surface area contributed by atoms with Crippen LogP contribution in [-0.4, -0.2) is 24.6 Å². The molecule has 1 atom stereocenters. The van der Waals surface area contributed by atoms with Crippen molar-refractivity contribution in [2.75, 3.05) is 24.5 Å². The summed E-state index contributed by atoms with van der Waals surface area (Å²) in [5, 5.41) is 0.0493. The summed E-state index contributed by atoms with van der Waals surface area (Å²) in [5.74, 6) is 0.885. The van der Waals surface area contributed by atoms with Crippen LogP contribution >= 0.6 is 11.6 Å². The fourth-order valence-electron chi connectivity index (χ4n) is 2.55. The molecule has 1 fully saturated rings. The molecule has 1 saturated heterocycles. The minimum Gasteiger partial charge on any atom is -0.355 e. The van der Waals surface area contributed by atoms with E-state index in [4.69, 9.17) is 17.3 Å². The van der Waals surface area contributed by atoms with Crippen molar-refractivity contribution in [2.24, 2.45) is 11.7 Å². The summed E-state index contributed by atoms with van der Waals surface area (Å²) in [5.41, 5.74) is 4.74. The van der Waals surface area contributed by atoms with Crippen molar-refractivity contribution in [2.45, 2.75) is 25.4 Å². The van der Waals surface area contributed by atoms with Crippen molar-refractivity contribution in [3.05, 3.63) is 22.8 Å². The molecule has 1 aliphatic rings. The number of nitrogens with zero attached hydrogens (tertiary/aromatic N) is 2. The number of hydrogen-bond donors (Lipinski definition) is 1. The second kappa shape index (κ2) is 6.18. The maximum absolute atomic E-state index is 12.6. The third-order valence-corrected chi connectivity index (χ3v) is 3.82. The maximum atomic E-state index is 12.6. The highest BCUT2D eigenvalue weighted by Crippen LogP contribution is 2.34. The Balaban J connectivity index is 2.16. The van der Waals surface area contributed by atoms with Gasteiger partial charge < -0.3 is 10.6 Å². The highest BCUT2D eigenvalue weighted by atomic mass is 35.5. The van der Waals surface area contributed by atoms with Crippen LogP contribution in [0.25, 0.3) is 0 Å². The first kappa shape index (κ1) is 15.4. The zero-order chi connectivity index (χ0) is 14.8. The molecule has 0 amide bonds. The maximum Gasteiger partial charge on any atom is 0.417 e. The van der Waals surface area contributed by atoms with Gasteiger partial charge in [-0.3, -0.25) is 0 Å². The highest BCUT2D eigenvalue weighted by molar-refractivity contribution is 6.33. The Kier molecular flexibility index (Phi) is 4.75. The second-order valence-electron chi connectivity index (χ2n) is 5.06. The van der Waals surface area contributed by atoms with Crippen LogP contribution in [0.5, 0.6) is 0 Å². The third-order valence-electron chi connectivity index (χ3n) is 3.54. The molecule has 7 heteroatoms. The lowest BCUT2D eigenvalue weighted by atomic mass is 9.95. The van der Waals surface area contributed by atoms with Crippen molar-refractivity contribution in [1.29, 1.82) is 0 Å². The van der Waals surface area contributed by atoms with Gasteiger partial charge >= 0.3 is 6.18 Å². The van der Waals surface area contributed by atoms with Gasteiger partial charge in [0, 0.05) is 19.3 Å². The molecular formula is C13H17ClF3N3. The minimum absolute atomic E-state index is 0.0493. The number of nitrogens with two attached hydrogens (primary N) is 1. The van der Waals surface area contributed by atoms with Crippen LogP contribution in [0.1, 0.15) is 24.8 Å². The lowest BCUT2D eigenvalue weighted by molar-refractivity contribution is -0.137. The van der Waals surface area contributed by atoms with E-state index in [0.29, 0.717) is 18.3 Å². The van der Waals surface area contributed by atoms with Crippen molar-refractivity contribution >= 4 is 17.4 Å². The number of pyridine rings is 1. The first-order chi connectivity index (χ1) is 9.41. The van der Waals surface area contributed by atoms with Gasteiger partial charge in [0.2, 0.25) is 0 Å². The Morgan fingerprint density at radius 2 is 2.20 bits per heavy atom. The molecule has 20 heavy (non-hydrogen) atoms. The molecule has 2 rings (SSSR count). The van der Waals surface area contributed by atoms with Crippen LogP contribution in [0, 0.1) is 5.92 Å². The van der Waals surface area contributed by atoms with Gasteiger partial charge in [0.25, 0.3) is 0 Å². The largest absolute Gasteiger partial charge is 0.417 e. The molecule has 1 unspecified atom stereocenters. The van der Waals surface area contributed by atoms with Gasteiger partial charge in [0.15, 0.2) is 0 Å². The summed E-state index contributed by atoms with van der Waals surface area (Å²) < 4.78 is 37.7. The van der Waals surface area contributed by atoms with E-state index in [-0.39, 0.29) is 5.02 Å². The molecule has 0 saturated carbocycles. The van der Waals surface area contributed by atoms with Gasteiger partial charge in [-0.15, -0.1) is 0 Å². The van der Waals surface area contributed by atoms with Gasteiger partial charge in [-0.05, 0) is 37.8 Å².